The van der Waals surface area contributed by atoms with Gasteiger partial charge < -0.3 is 19.4 Å². The molecule has 0 aliphatic carbocycles. The number of ether oxygens (including phenoxy) is 2. The van der Waals surface area contributed by atoms with Crippen LogP contribution in [-0.2, 0) is 11.8 Å². The fourth-order valence-corrected chi connectivity index (χ4v) is 3.74. The maximum absolute atomic E-state index is 12.8. The maximum Gasteiger partial charge on any atom is 0.262 e. The van der Waals surface area contributed by atoms with Crippen LogP contribution in [0.15, 0.2) is 47.6 Å². The van der Waals surface area contributed by atoms with Gasteiger partial charge in [-0.25, -0.2) is 5.43 Å². The quantitative estimate of drug-likeness (QED) is 0.460. The molecule has 2 amide bonds. The molecule has 0 fully saturated rings. The number of para-hydroxylation sites is 1. The highest BCUT2D eigenvalue weighted by molar-refractivity contribution is 6.02. The summed E-state index contributed by atoms with van der Waals surface area (Å²) >= 11 is 0. The third-order valence-corrected chi connectivity index (χ3v) is 5.69. The lowest BCUT2D eigenvalue weighted by Crippen LogP contribution is -2.48. The zero-order chi connectivity index (χ0) is 22.8. The van der Waals surface area contributed by atoms with Crippen molar-refractivity contribution in [2.24, 2.45) is 18.1 Å². The Morgan fingerprint density at radius 2 is 1.88 bits per heavy atom. The van der Waals surface area contributed by atoms with Gasteiger partial charge in [0.05, 0.1) is 6.21 Å². The van der Waals surface area contributed by atoms with Gasteiger partial charge >= 0.3 is 0 Å². The lowest BCUT2D eigenvalue weighted by molar-refractivity contribution is -0.123. The molecule has 1 atom stereocenters. The van der Waals surface area contributed by atoms with Gasteiger partial charge in [-0.15, -0.1) is 0 Å². The second-order valence-electron chi connectivity index (χ2n) is 8.07. The van der Waals surface area contributed by atoms with Gasteiger partial charge in [-0.1, -0.05) is 32.0 Å². The molecular weight excluding hydrogens is 408 g/mol. The van der Waals surface area contributed by atoms with Gasteiger partial charge in [0.2, 0.25) is 6.79 Å². The van der Waals surface area contributed by atoms with Crippen LogP contribution >= 0.6 is 0 Å². The molecule has 0 spiro atoms. The van der Waals surface area contributed by atoms with Crippen LogP contribution in [0.3, 0.4) is 0 Å². The van der Waals surface area contributed by atoms with E-state index in [4.69, 9.17) is 9.47 Å². The van der Waals surface area contributed by atoms with Crippen molar-refractivity contribution >= 4 is 28.9 Å². The van der Waals surface area contributed by atoms with Crippen LogP contribution in [-0.4, -0.2) is 35.4 Å². The van der Waals surface area contributed by atoms with Gasteiger partial charge in [-0.3, -0.25) is 9.59 Å². The lowest BCUT2D eigenvalue weighted by atomic mass is 10.0. The van der Waals surface area contributed by atoms with E-state index in [0.29, 0.717) is 17.1 Å². The Kier molecular flexibility index (Phi) is 5.85. The molecule has 0 saturated carbocycles. The summed E-state index contributed by atoms with van der Waals surface area (Å²) in [5.41, 5.74) is 6.04. The van der Waals surface area contributed by atoms with Gasteiger partial charge in [-0.2, -0.15) is 5.10 Å². The first kappa shape index (κ1) is 21.4. The Morgan fingerprint density at radius 1 is 1.12 bits per heavy atom. The van der Waals surface area contributed by atoms with Crippen LogP contribution in [0.2, 0.25) is 0 Å². The molecule has 8 heteroatoms. The first-order chi connectivity index (χ1) is 15.4. The number of amides is 2. The Balaban J connectivity index is 1.46. The van der Waals surface area contributed by atoms with E-state index in [9.17, 15) is 9.59 Å². The third kappa shape index (κ3) is 4.03. The smallest absolute Gasteiger partial charge is 0.262 e. The number of hydrogen-bond donors (Lipinski definition) is 2. The summed E-state index contributed by atoms with van der Waals surface area (Å²) in [5.74, 6) is 0.215. The highest BCUT2D eigenvalue weighted by Crippen LogP contribution is 2.32. The number of aromatic nitrogens is 1. The predicted octanol–water partition coefficient (Wildman–Crippen LogP) is 3.12. The van der Waals surface area contributed by atoms with E-state index in [0.717, 1.165) is 22.2 Å². The highest BCUT2D eigenvalue weighted by atomic mass is 16.7. The van der Waals surface area contributed by atoms with E-state index in [-0.39, 0.29) is 24.5 Å². The summed E-state index contributed by atoms with van der Waals surface area (Å²) in [6.45, 7) is 5.86. The zero-order valence-corrected chi connectivity index (χ0v) is 18.5. The molecule has 166 valence electrons. The molecule has 1 aliphatic rings. The summed E-state index contributed by atoms with van der Waals surface area (Å²) in [7, 11) is 1.99. The highest BCUT2D eigenvalue weighted by Gasteiger charge is 2.25. The molecule has 1 aromatic heterocycles. The summed E-state index contributed by atoms with van der Waals surface area (Å²) in [4.78, 5) is 25.5. The van der Waals surface area contributed by atoms with E-state index in [1.165, 1.54) is 0 Å². The van der Waals surface area contributed by atoms with Gasteiger partial charge in [0, 0.05) is 34.8 Å². The van der Waals surface area contributed by atoms with Crippen LogP contribution in [0, 0.1) is 12.8 Å². The van der Waals surface area contributed by atoms with E-state index < -0.39 is 6.04 Å². The zero-order valence-electron chi connectivity index (χ0n) is 18.5. The molecule has 0 bridgehead atoms. The number of hydrogen-bond acceptors (Lipinski definition) is 5. The summed E-state index contributed by atoms with van der Waals surface area (Å²) in [6, 6.07) is 12.2. The maximum atomic E-state index is 12.8. The van der Waals surface area contributed by atoms with Crippen molar-refractivity contribution in [1.29, 1.82) is 0 Å². The minimum absolute atomic E-state index is 0.131. The van der Waals surface area contributed by atoms with Gasteiger partial charge in [0.1, 0.15) is 6.04 Å². The number of rotatable bonds is 6. The molecule has 2 aromatic carbocycles. The van der Waals surface area contributed by atoms with Crippen LogP contribution in [0.5, 0.6) is 11.5 Å². The summed E-state index contributed by atoms with van der Waals surface area (Å²) in [6.07, 6.45) is 1.65. The molecule has 3 aromatic rings. The lowest BCUT2D eigenvalue weighted by Gasteiger charge is -2.20. The van der Waals surface area contributed by atoms with Crippen molar-refractivity contribution in [2.75, 3.05) is 6.79 Å². The fourth-order valence-electron chi connectivity index (χ4n) is 3.74. The van der Waals surface area contributed by atoms with Crippen molar-refractivity contribution in [3.8, 4) is 11.5 Å². The van der Waals surface area contributed by atoms with E-state index in [2.05, 4.69) is 20.4 Å². The molecule has 2 heterocycles. The van der Waals surface area contributed by atoms with Gasteiger partial charge in [0.25, 0.3) is 11.8 Å². The van der Waals surface area contributed by atoms with Crippen molar-refractivity contribution in [1.82, 2.24) is 15.3 Å². The summed E-state index contributed by atoms with van der Waals surface area (Å²) in [5, 5.41) is 8.02. The topological polar surface area (TPSA) is 94.0 Å². The minimum atomic E-state index is -0.751. The van der Waals surface area contributed by atoms with Crippen LogP contribution in [0.25, 0.3) is 10.9 Å². The average molecular weight is 434 g/mol. The van der Waals surface area contributed by atoms with E-state index >= 15 is 0 Å². The largest absolute Gasteiger partial charge is 0.454 e. The fraction of sp³-hybridized carbons (Fsp3) is 0.292. The number of nitrogens with one attached hydrogen (secondary N) is 2. The Hall–Kier alpha value is -3.81. The number of hydrazone groups is 1. The molecule has 4 rings (SSSR count). The van der Waals surface area contributed by atoms with Gasteiger partial charge in [-0.05, 0) is 37.1 Å². The first-order valence-electron chi connectivity index (χ1n) is 10.4. The van der Waals surface area contributed by atoms with Crippen LogP contribution < -0.4 is 20.2 Å². The van der Waals surface area contributed by atoms with E-state index in [1.807, 2.05) is 52.1 Å². The second kappa shape index (κ2) is 8.74. The number of nitrogens with zero attached hydrogens (tertiary/aromatic N) is 2. The molecule has 8 nitrogen and oxygen atoms in total. The Morgan fingerprint density at radius 3 is 2.66 bits per heavy atom. The normalized spacial score (nSPS) is 13.7. The van der Waals surface area contributed by atoms with Crippen molar-refractivity contribution in [3.63, 3.8) is 0 Å². The molecule has 0 unspecified atom stereocenters. The number of benzene rings is 2. The minimum Gasteiger partial charge on any atom is -0.454 e. The SMILES string of the molecule is Cc1c(/C=N\NC(=O)[C@H](NC(=O)c2ccc3c(c2)OCO3)C(C)C)c2ccccc2n1C. The predicted molar refractivity (Wildman–Crippen MR) is 122 cm³/mol. The number of fused-ring (bicyclic) bond motifs is 2. The second-order valence-corrected chi connectivity index (χ2v) is 8.07. The summed E-state index contributed by atoms with van der Waals surface area (Å²) < 4.78 is 12.7. The number of carbonyl (C=O) groups is 2. The molecule has 0 radical (unpaired) electrons. The molecule has 2 N–H and O–H groups in total. The Bertz CT molecular complexity index is 1210. The van der Waals surface area contributed by atoms with Crippen LogP contribution in [0.1, 0.15) is 35.5 Å². The van der Waals surface area contributed by atoms with Crippen molar-refractivity contribution < 1.29 is 19.1 Å². The van der Waals surface area contributed by atoms with Crippen molar-refractivity contribution in [3.05, 3.63) is 59.3 Å². The third-order valence-electron chi connectivity index (χ3n) is 5.69. The molecular formula is C24H26N4O4. The van der Waals surface area contributed by atoms with Crippen molar-refractivity contribution in [2.45, 2.75) is 26.8 Å². The number of aryl methyl sites for hydroxylation is 1. The standard InChI is InChI=1S/C24H26N4O4/c1-14(2)22(26-23(29)16-9-10-20-21(11-16)32-13-31-20)24(30)27-25-12-18-15(3)28(4)19-8-6-5-7-17(18)19/h5-12,14,22H,13H2,1-4H3,(H,26,29)(H,27,30)/b25-12-/t22-/m1/s1. The monoisotopic (exact) mass is 434 g/mol. The van der Waals surface area contributed by atoms with Crippen LogP contribution in [0.4, 0.5) is 0 Å². The average Bonchev–Trinajstić information content (AvgIpc) is 3.35. The molecule has 0 saturated heterocycles. The first-order valence-corrected chi connectivity index (χ1v) is 10.4. The Labute approximate surface area is 186 Å². The van der Waals surface area contributed by atoms with Gasteiger partial charge in [0.15, 0.2) is 11.5 Å². The number of carbonyl (C=O) groups excluding carboxylic acids is 2. The molecule has 1 aliphatic heterocycles. The van der Waals surface area contributed by atoms with E-state index in [1.54, 1.807) is 24.4 Å². The molecule has 32 heavy (non-hydrogen) atoms.